The van der Waals surface area contributed by atoms with Gasteiger partial charge in [-0.25, -0.2) is 9.37 Å². The van der Waals surface area contributed by atoms with E-state index >= 15 is 4.39 Å². The number of hydrogen-bond acceptors (Lipinski definition) is 7. The summed E-state index contributed by atoms with van der Waals surface area (Å²) < 4.78 is 17.0. The fourth-order valence-electron chi connectivity index (χ4n) is 6.80. The highest BCUT2D eigenvalue weighted by Gasteiger charge is 2.42. The predicted molar refractivity (Wildman–Crippen MR) is 165 cm³/mol. The van der Waals surface area contributed by atoms with Gasteiger partial charge < -0.3 is 25.4 Å². The molecule has 4 heterocycles. The molecule has 2 unspecified atom stereocenters. The second-order valence-corrected chi connectivity index (χ2v) is 12.8. The number of piperazine rings is 1. The van der Waals surface area contributed by atoms with Gasteiger partial charge in [0.05, 0.1) is 11.9 Å². The highest BCUT2D eigenvalue weighted by atomic mass is 32.1. The number of nitrogens with zero attached hydrogens (tertiary/aromatic N) is 4. The number of halogens is 1. The molecule has 2 fully saturated rings. The Bertz CT molecular complexity index is 1760. The third-order valence-corrected chi connectivity index (χ3v) is 10.4. The number of amides is 1. The summed E-state index contributed by atoms with van der Waals surface area (Å²) in [6.45, 7) is 3.91. The first kappa shape index (κ1) is 26.9. The van der Waals surface area contributed by atoms with Crippen molar-refractivity contribution < 1.29 is 9.18 Å². The van der Waals surface area contributed by atoms with Crippen LogP contribution in [0.4, 0.5) is 21.6 Å². The fourth-order valence-corrected chi connectivity index (χ4v) is 8.20. The molecule has 1 amide bonds. The Morgan fingerprint density at radius 3 is 2.57 bits per heavy atom. The number of aromatic nitrogens is 2. The van der Waals surface area contributed by atoms with Crippen molar-refractivity contribution >= 4 is 34.4 Å². The number of nitrogens with two attached hydrogens (primary N) is 1. The summed E-state index contributed by atoms with van der Waals surface area (Å²) >= 11 is 1.43. The van der Waals surface area contributed by atoms with Gasteiger partial charge in [-0.3, -0.25) is 9.59 Å². The van der Waals surface area contributed by atoms with E-state index in [1.165, 1.54) is 26.8 Å². The van der Waals surface area contributed by atoms with Crippen molar-refractivity contribution in [1.29, 1.82) is 0 Å². The van der Waals surface area contributed by atoms with Gasteiger partial charge in [0, 0.05) is 61.0 Å². The van der Waals surface area contributed by atoms with Gasteiger partial charge in [-0.05, 0) is 79.6 Å². The molecular formula is C32H33FN6O2S. The van der Waals surface area contributed by atoms with E-state index in [1.54, 1.807) is 31.4 Å². The number of nitrogens with one attached hydrogen (secondary N) is 1. The smallest absolute Gasteiger partial charge is 0.274 e. The lowest BCUT2D eigenvalue weighted by atomic mass is 9.89. The molecule has 2 aliphatic carbocycles. The Balaban J connectivity index is 1.22. The molecule has 0 spiro atoms. The van der Waals surface area contributed by atoms with Crippen molar-refractivity contribution in [3.63, 3.8) is 0 Å². The van der Waals surface area contributed by atoms with Gasteiger partial charge in [-0.15, -0.1) is 11.3 Å². The topological polar surface area (TPSA) is 96.5 Å². The summed E-state index contributed by atoms with van der Waals surface area (Å²) in [5.41, 5.74) is 10.6. The van der Waals surface area contributed by atoms with Crippen LogP contribution >= 0.6 is 11.3 Å². The number of thiophene rings is 1. The highest BCUT2D eigenvalue weighted by molar-refractivity contribution is 7.15. The molecule has 3 aromatic heterocycles. The van der Waals surface area contributed by atoms with E-state index < -0.39 is 11.7 Å². The van der Waals surface area contributed by atoms with Crippen molar-refractivity contribution in [2.45, 2.75) is 31.1 Å². The molecule has 10 heteroatoms. The molecule has 4 aromatic rings. The Labute approximate surface area is 247 Å². The zero-order valence-corrected chi connectivity index (χ0v) is 24.5. The van der Waals surface area contributed by atoms with Crippen LogP contribution in [-0.2, 0) is 7.05 Å². The number of primary amides is 1. The number of carbonyl (C=O) groups excluding carboxylic acids is 1. The molecule has 3 aliphatic rings. The molecule has 1 aliphatic heterocycles. The Morgan fingerprint density at radius 2 is 1.83 bits per heavy atom. The maximum atomic E-state index is 15.5. The van der Waals surface area contributed by atoms with Crippen LogP contribution in [0.25, 0.3) is 22.3 Å². The number of rotatable bonds is 6. The summed E-state index contributed by atoms with van der Waals surface area (Å²) in [7, 11) is 3.82. The maximum Gasteiger partial charge on any atom is 0.274 e. The van der Waals surface area contributed by atoms with Crippen LogP contribution < -0.4 is 21.5 Å². The molecule has 1 saturated carbocycles. The van der Waals surface area contributed by atoms with E-state index in [9.17, 15) is 9.59 Å². The summed E-state index contributed by atoms with van der Waals surface area (Å²) in [4.78, 5) is 36.4. The third-order valence-electron chi connectivity index (χ3n) is 9.04. The second kappa shape index (κ2) is 10.4. The number of carbonyl (C=O) groups is 1. The monoisotopic (exact) mass is 584 g/mol. The molecule has 216 valence electrons. The molecule has 42 heavy (non-hydrogen) atoms. The van der Waals surface area contributed by atoms with Gasteiger partial charge >= 0.3 is 0 Å². The molecular weight excluding hydrogens is 551 g/mol. The molecule has 1 aromatic carbocycles. The van der Waals surface area contributed by atoms with Crippen LogP contribution in [0.5, 0.6) is 0 Å². The standard InChI is InChI=1S/C32H33FN6O2S/c1-37-9-11-39(12-10-37)22-6-8-26(35-16-22)36-25-15-21(17-38(2)32(25)41)18-5-7-24(33)23(14-18)28-27-19-3-4-20(13-19)29(27)42-30(28)31(34)40/h5-8,14-17,19-20H,3-4,9-13H2,1-2H3,(H2,34,40)(H,35,36). The van der Waals surface area contributed by atoms with Gasteiger partial charge in [0.2, 0.25) is 0 Å². The van der Waals surface area contributed by atoms with Crippen molar-refractivity contribution in [3.05, 3.63) is 80.3 Å². The Kier molecular flexibility index (Phi) is 6.62. The van der Waals surface area contributed by atoms with E-state index in [1.807, 2.05) is 18.3 Å². The lowest BCUT2D eigenvalue weighted by Gasteiger charge is -2.33. The van der Waals surface area contributed by atoms with Crippen molar-refractivity contribution in [2.24, 2.45) is 12.8 Å². The molecule has 8 nitrogen and oxygen atoms in total. The lowest BCUT2D eigenvalue weighted by molar-refractivity contribution is 0.100. The van der Waals surface area contributed by atoms with Crippen molar-refractivity contribution in [3.8, 4) is 22.3 Å². The fraction of sp³-hybridized carbons (Fsp3) is 0.344. The van der Waals surface area contributed by atoms with Gasteiger partial charge in [0.15, 0.2) is 0 Å². The minimum Gasteiger partial charge on any atom is -0.368 e. The van der Waals surface area contributed by atoms with E-state index in [0.29, 0.717) is 39.3 Å². The third kappa shape index (κ3) is 4.59. The molecule has 0 radical (unpaired) electrons. The predicted octanol–water partition coefficient (Wildman–Crippen LogP) is 5.27. The molecule has 2 atom stereocenters. The first-order valence-corrected chi connectivity index (χ1v) is 15.2. The Hall–Kier alpha value is -4.02. The van der Waals surface area contributed by atoms with E-state index in [4.69, 9.17) is 5.73 Å². The number of hydrogen-bond donors (Lipinski definition) is 2. The molecule has 7 rings (SSSR count). The molecule has 1 saturated heterocycles. The highest BCUT2D eigenvalue weighted by Crippen LogP contribution is 2.60. The van der Waals surface area contributed by atoms with E-state index in [0.717, 1.165) is 67.8 Å². The number of anilines is 3. The average Bonchev–Trinajstić information content (AvgIpc) is 3.70. The van der Waals surface area contributed by atoms with Crippen LogP contribution in [0.1, 0.15) is 51.2 Å². The Morgan fingerprint density at radius 1 is 1.05 bits per heavy atom. The zero-order valence-electron chi connectivity index (χ0n) is 23.7. The van der Waals surface area contributed by atoms with Gasteiger partial charge in [0.25, 0.3) is 11.5 Å². The first-order valence-electron chi connectivity index (χ1n) is 14.4. The number of aryl methyl sites for hydroxylation is 1. The largest absolute Gasteiger partial charge is 0.368 e. The van der Waals surface area contributed by atoms with Crippen LogP contribution in [0, 0.1) is 5.82 Å². The number of likely N-dealkylation sites (N-methyl/N-ethyl adjacent to an activating group) is 1. The van der Waals surface area contributed by atoms with Crippen LogP contribution in [0.15, 0.2) is 53.6 Å². The lowest BCUT2D eigenvalue weighted by Crippen LogP contribution is -2.44. The van der Waals surface area contributed by atoms with E-state index in [2.05, 4.69) is 27.1 Å². The minimum absolute atomic E-state index is 0.200. The first-order chi connectivity index (χ1) is 20.3. The summed E-state index contributed by atoms with van der Waals surface area (Å²) in [5.74, 6) is 0.438. The summed E-state index contributed by atoms with van der Waals surface area (Å²) in [6, 6.07) is 10.6. The maximum absolute atomic E-state index is 15.5. The molecule has 2 bridgehead atoms. The van der Waals surface area contributed by atoms with E-state index in [-0.39, 0.29) is 5.56 Å². The van der Waals surface area contributed by atoms with Gasteiger partial charge in [-0.1, -0.05) is 6.07 Å². The molecule has 3 N–H and O–H groups in total. The quantitative estimate of drug-likeness (QED) is 0.321. The zero-order chi connectivity index (χ0) is 29.1. The minimum atomic E-state index is -0.520. The summed E-state index contributed by atoms with van der Waals surface area (Å²) in [5, 5.41) is 3.19. The van der Waals surface area contributed by atoms with Crippen LogP contribution in [-0.4, -0.2) is 53.6 Å². The normalized spacial score (nSPS) is 19.7. The number of benzene rings is 1. The van der Waals surface area contributed by atoms with Crippen LogP contribution in [0.3, 0.4) is 0 Å². The van der Waals surface area contributed by atoms with Gasteiger partial charge in [0.1, 0.15) is 22.2 Å². The number of pyridine rings is 2. The average molecular weight is 585 g/mol. The second-order valence-electron chi connectivity index (χ2n) is 11.7. The van der Waals surface area contributed by atoms with Gasteiger partial charge in [-0.2, -0.15) is 0 Å². The SMILES string of the molecule is CN1CCN(c2ccc(Nc3cc(-c4ccc(F)c(-c5c(C(N)=O)sc6c5C5CCC6C5)c4)cn(C)c3=O)nc2)CC1. The van der Waals surface area contributed by atoms with Crippen LogP contribution in [0.2, 0.25) is 0 Å². The van der Waals surface area contributed by atoms with Crippen molar-refractivity contribution in [1.82, 2.24) is 14.5 Å². The summed E-state index contributed by atoms with van der Waals surface area (Å²) in [6.07, 6.45) is 6.80. The van der Waals surface area contributed by atoms with Crippen molar-refractivity contribution in [2.75, 3.05) is 43.4 Å². The number of fused-ring (bicyclic) bond motifs is 5.